The van der Waals surface area contributed by atoms with Crippen LogP contribution in [0.25, 0.3) is 0 Å². The molecule has 1 aliphatic rings. The average Bonchev–Trinajstić information content (AvgIpc) is 2.43. The summed E-state index contributed by atoms with van der Waals surface area (Å²) < 4.78 is 0. The first-order valence-electron chi connectivity index (χ1n) is 8.43. The molecule has 2 unspecified atom stereocenters. The lowest BCUT2D eigenvalue weighted by Gasteiger charge is -2.44. The molecule has 2 atom stereocenters. The van der Waals surface area contributed by atoms with Gasteiger partial charge in [0.1, 0.15) is 0 Å². The summed E-state index contributed by atoms with van der Waals surface area (Å²) in [5, 5.41) is 4.59. The first kappa shape index (κ1) is 16.9. The summed E-state index contributed by atoms with van der Waals surface area (Å²) in [5.41, 5.74) is 3.27. The highest BCUT2D eigenvalue weighted by Crippen LogP contribution is 2.41. The zero-order valence-corrected chi connectivity index (χ0v) is 14.9. The molecule has 1 aromatic rings. The van der Waals surface area contributed by atoms with Gasteiger partial charge in [0.15, 0.2) is 0 Å². The SMILES string of the molecule is CCCNC1C(SCc2cccc(C)c2)CCCC1(C)C. The second-order valence-electron chi connectivity index (χ2n) is 7.15. The summed E-state index contributed by atoms with van der Waals surface area (Å²) in [5.74, 6) is 1.15. The zero-order chi connectivity index (χ0) is 15.3. The number of hydrogen-bond acceptors (Lipinski definition) is 2. The van der Waals surface area contributed by atoms with Gasteiger partial charge in [-0.15, -0.1) is 0 Å². The van der Waals surface area contributed by atoms with E-state index in [-0.39, 0.29) is 0 Å². The van der Waals surface area contributed by atoms with E-state index < -0.39 is 0 Å². The number of rotatable bonds is 6. The second kappa shape index (κ2) is 7.69. The van der Waals surface area contributed by atoms with Gasteiger partial charge in [0.2, 0.25) is 0 Å². The van der Waals surface area contributed by atoms with Crippen molar-refractivity contribution in [1.29, 1.82) is 0 Å². The van der Waals surface area contributed by atoms with E-state index in [1.165, 1.54) is 36.8 Å². The van der Waals surface area contributed by atoms with Gasteiger partial charge in [0.05, 0.1) is 0 Å². The molecule has 1 saturated carbocycles. The van der Waals surface area contributed by atoms with Crippen LogP contribution in [0.5, 0.6) is 0 Å². The maximum absolute atomic E-state index is 3.84. The molecule has 0 aliphatic heterocycles. The molecule has 1 aromatic carbocycles. The van der Waals surface area contributed by atoms with Crippen molar-refractivity contribution in [2.75, 3.05) is 6.54 Å². The molecule has 21 heavy (non-hydrogen) atoms. The lowest BCUT2D eigenvalue weighted by atomic mass is 9.73. The largest absolute Gasteiger partial charge is 0.312 e. The summed E-state index contributed by atoms with van der Waals surface area (Å²) in [6.07, 6.45) is 5.32. The first-order chi connectivity index (χ1) is 10.0. The molecule has 0 amide bonds. The molecule has 1 aliphatic carbocycles. The molecular weight excluding hydrogens is 274 g/mol. The van der Waals surface area contributed by atoms with Gasteiger partial charge in [-0.05, 0) is 43.7 Å². The van der Waals surface area contributed by atoms with Gasteiger partial charge >= 0.3 is 0 Å². The van der Waals surface area contributed by atoms with Crippen LogP contribution in [-0.4, -0.2) is 17.8 Å². The fraction of sp³-hybridized carbons (Fsp3) is 0.684. The van der Waals surface area contributed by atoms with Gasteiger partial charge < -0.3 is 5.32 Å². The molecule has 0 radical (unpaired) electrons. The standard InChI is InChI=1S/C19H31NS/c1-5-12-20-18-17(10-7-11-19(18,3)4)21-14-16-9-6-8-15(2)13-16/h6,8-9,13,17-18,20H,5,7,10-12,14H2,1-4H3. The molecule has 0 aromatic heterocycles. The summed E-state index contributed by atoms with van der Waals surface area (Å²) in [4.78, 5) is 0. The van der Waals surface area contributed by atoms with Gasteiger partial charge in [-0.3, -0.25) is 0 Å². The average molecular weight is 306 g/mol. The second-order valence-corrected chi connectivity index (χ2v) is 8.38. The lowest BCUT2D eigenvalue weighted by Crippen LogP contribution is -2.51. The van der Waals surface area contributed by atoms with Crippen LogP contribution in [0.2, 0.25) is 0 Å². The van der Waals surface area contributed by atoms with Crippen molar-refractivity contribution < 1.29 is 0 Å². The monoisotopic (exact) mass is 305 g/mol. The minimum Gasteiger partial charge on any atom is -0.312 e. The van der Waals surface area contributed by atoms with Crippen molar-refractivity contribution in [3.05, 3.63) is 35.4 Å². The summed E-state index contributed by atoms with van der Waals surface area (Å²) in [6.45, 7) is 10.5. The van der Waals surface area contributed by atoms with Crippen molar-refractivity contribution in [1.82, 2.24) is 5.32 Å². The summed E-state index contributed by atoms with van der Waals surface area (Å²) in [7, 11) is 0. The Balaban J connectivity index is 1.98. The molecular formula is C19H31NS. The van der Waals surface area contributed by atoms with Crippen molar-refractivity contribution in [2.24, 2.45) is 5.41 Å². The highest BCUT2D eigenvalue weighted by molar-refractivity contribution is 7.99. The molecule has 2 heteroatoms. The molecule has 1 fully saturated rings. The van der Waals surface area contributed by atoms with Crippen LogP contribution in [0, 0.1) is 12.3 Å². The highest BCUT2D eigenvalue weighted by Gasteiger charge is 2.38. The molecule has 0 spiro atoms. The Morgan fingerprint density at radius 3 is 2.86 bits per heavy atom. The van der Waals surface area contributed by atoms with Crippen molar-refractivity contribution in [3.63, 3.8) is 0 Å². The highest BCUT2D eigenvalue weighted by atomic mass is 32.2. The third-order valence-corrected chi connectivity index (χ3v) is 6.12. The topological polar surface area (TPSA) is 12.0 Å². The number of benzene rings is 1. The normalized spacial score (nSPS) is 25.0. The van der Waals surface area contributed by atoms with E-state index in [1.807, 2.05) is 0 Å². The molecule has 2 rings (SSSR count). The Hall–Kier alpha value is -0.470. The van der Waals surface area contributed by atoms with E-state index in [1.54, 1.807) is 0 Å². The lowest BCUT2D eigenvalue weighted by molar-refractivity contribution is 0.175. The number of hydrogen-bond donors (Lipinski definition) is 1. The van der Waals surface area contributed by atoms with Crippen molar-refractivity contribution in [3.8, 4) is 0 Å². The number of thioether (sulfide) groups is 1. The van der Waals surface area contributed by atoms with Gasteiger partial charge in [-0.1, -0.05) is 57.0 Å². The van der Waals surface area contributed by atoms with E-state index in [9.17, 15) is 0 Å². The van der Waals surface area contributed by atoms with Crippen molar-refractivity contribution in [2.45, 2.75) is 70.4 Å². The van der Waals surface area contributed by atoms with Crippen LogP contribution >= 0.6 is 11.8 Å². The minimum atomic E-state index is 0.428. The summed E-state index contributed by atoms with van der Waals surface area (Å²) in [6, 6.07) is 9.62. The maximum Gasteiger partial charge on any atom is 0.0237 e. The van der Waals surface area contributed by atoms with E-state index in [0.29, 0.717) is 11.5 Å². The molecule has 0 bridgehead atoms. The predicted octanol–water partition coefficient (Wildman–Crippen LogP) is 5.18. The number of nitrogens with one attached hydrogen (secondary N) is 1. The maximum atomic E-state index is 3.84. The number of aryl methyl sites for hydroxylation is 1. The minimum absolute atomic E-state index is 0.428. The molecule has 0 saturated heterocycles. The van der Waals surface area contributed by atoms with Crippen LogP contribution in [0.3, 0.4) is 0 Å². The van der Waals surface area contributed by atoms with Crippen LogP contribution in [0.4, 0.5) is 0 Å². The third kappa shape index (κ3) is 4.75. The quantitative estimate of drug-likeness (QED) is 0.777. The summed E-state index contributed by atoms with van der Waals surface area (Å²) >= 11 is 2.16. The smallest absolute Gasteiger partial charge is 0.0237 e. The Labute approximate surface area is 135 Å². The fourth-order valence-corrected chi connectivity index (χ4v) is 5.05. The molecule has 1 nitrogen and oxygen atoms in total. The fourth-order valence-electron chi connectivity index (χ4n) is 3.48. The first-order valence-corrected chi connectivity index (χ1v) is 9.48. The molecule has 1 N–H and O–H groups in total. The Morgan fingerprint density at radius 2 is 2.14 bits per heavy atom. The Bertz CT molecular complexity index is 441. The van der Waals surface area contributed by atoms with Gasteiger partial charge in [0.25, 0.3) is 0 Å². The van der Waals surface area contributed by atoms with E-state index in [4.69, 9.17) is 0 Å². The van der Waals surface area contributed by atoms with E-state index >= 15 is 0 Å². The van der Waals surface area contributed by atoms with Crippen LogP contribution in [0.1, 0.15) is 57.6 Å². The molecule has 118 valence electrons. The van der Waals surface area contributed by atoms with Crippen LogP contribution < -0.4 is 5.32 Å². The predicted molar refractivity (Wildman–Crippen MR) is 96.0 cm³/mol. The zero-order valence-electron chi connectivity index (χ0n) is 14.1. The van der Waals surface area contributed by atoms with Gasteiger partial charge in [0, 0.05) is 17.0 Å². The molecule has 0 heterocycles. The van der Waals surface area contributed by atoms with Gasteiger partial charge in [-0.2, -0.15) is 11.8 Å². The van der Waals surface area contributed by atoms with E-state index in [2.05, 4.69) is 69.0 Å². The van der Waals surface area contributed by atoms with Crippen LogP contribution in [0.15, 0.2) is 24.3 Å². The van der Waals surface area contributed by atoms with Gasteiger partial charge in [-0.25, -0.2) is 0 Å². The van der Waals surface area contributed by atoms with E-state index in [0.717, 1.165) is 17.5 Å². The van der Waals surface area contributed by atoms with Crippen molar-refractivity contribution >= 4 is 11.8 Å². The Kier molecular flexibility index (Phi) is 6.19. The third-order valence-electron chi connectivity index (χ3n) is 4.68. The van der Waals surface area contributed by atoms with Crippen LogP contribution in [-0.2, 0) is 5.75 Å². The Morgan fingerprint density at radius 1 is 1.33 bits per heavy atom.